The molecule has 0 spiro atoms. The van der Waals surface area contributed by atoms with Crippen LogP contribution in [0.2, 0.25) is 0 Å². The van der Waals surface area contributed by atoms with E-state index in [1.165, 1.54) is 0 Å². The Hall–Kier alpha value is -4.40. The van der Waals surface area contributed by atoms with Gasteiger partial charge in [0.25, 0.3) is 11.7 Å². The quantitative estimate of drug-likeness (QED) is 0.161. The van der Waals surface area contributed by atoms with Crippen LogP contribution in [0, 0.1) is 6.92 Å². The van der Waals surface area contributed by atoms with E-state index in [0.717, 1.165) is 18.7 Å². The molecule has 2 aliphatic rings. The minimum Gasteiger partial charge on any atom is -0.507 e. The molecule has 0 bridgehead atoms. The molecule has 3 aromatic rings. The summed E-state index contributed by atoms with van der Waals surface area (Å²) >= 11 is 0. The summed E-state index contributed by atoms with van der Waals surface area (Å²) in [5.41, 5.74) is 1.94. The molecular weight excluding hydrogens is 520 g/mol. The number of Topliss-reactive ketones (excluding diaryl/α,β-unsaturated/α-hetero) is 1. The third-order valence-electron chi connectivity index (χ3n) is 7.26. The molecule has 2 heterocycles. The highest BCUT2D eigenvalue weighted by Gasteiger charge is 2.46. The predicted octanol–water partition coefficient (Wildman–Crippen LogP) is 5.11. The minimum absolute atomic E-state index is 0.0491. The molecule has 8 heteroatoms. The van der Waals surface area contributed by atoms with Crippen molar-refractivity contribution in [2.24, 2.45) is 0 Å². The number of carbonyl (C=O) groups excluding carboxylic acids is 2. The zero-order chi connectivity index (χ0) is 28.8. The molecule has 5 rings (SSSR count). The maximum absolute atomic E-state index is 13.5. The molecule has 2 saturated heterocycles. The van der Waals surface area contributed by atoms with Crippen LogP contribution in [0.4, 0.5) is 0 Å². The lowest BCUT2D eigenvalue weighted by Gasteiger charge is -2.31. The maximum atomic E-state index is 13.5. The summed E-state index contributed by atoms with van der Waals surface area (Å²) < 4.78 is 17.2. The number of amides is 1. The number of ether oxygens (including phenoxy) is 3. The topological polar surface area (TPSA) is 88.5 Å². The number of hydrogen-bond acceptors (Lipinski definition) is 7. The Morgan fingerprint density at radius 1 is 1.00 bits per heavy atom. The van der Waals surface area contributed by atoms with Crippen LogP contribution in [-0.2, 0) is 14.3 Å². The summed E-state index contributed by atoms with van der Waals surface area (Å²) in [5, 5.41) is 11.5. The van der Waals surface area contributed by atoms with Crippen molar-refractivity contribution in [1.82, 2.24) is 9.80 Å². The molecule has 1 amide bonds. The number of benzene rings is 3. The van der Waals surface area contributed by atoms with E-state index < -0.39 is 17.7 Å². The first-order valence-corrected chi connectivity index (χ1v) is 13.7. The zero-order valence-corrected chi connectivity index (χ0v) is 23.1. The van der Waals surface area contributed by atoms with Crippen LogP contribution in [0.25, 0.3) is 5.76 Å². The Kier molecular flexibility index (Phi) is 8.82. The van der Waals surface area contributed by atoms with Gasteiger partial charge in [0, 0.05) is 31.7 Å². The molecule has 212 valence electrons. The highest BCUT2D eigenvalue weighted by molar-refractivity contribution is 6.46. The second-order valence-corrected chi connectivity index (χ2v) is 10.0. The largest absolute Gasteiger partial charge is 0.507 e. The van der Waals surface area contributed by atoms with E-state index in [2.05, 4.69) is 11.5 Å². The van der Waals surface area contributed by atoms with E-state index >= 15 is 0 Å². The number of likely N-dealkylation sites (tertiary alicyclic amines) is 1. The van der Waals surface area contributed by atoms with Gasteiger partial charge in [-0.05, 0) is 60.5 Å². The molecule has 2 aliphatic heterocycles. The van der Waals surface area contributed by atoms with Gasteiger partial charge >= 0.3 is 0 Å². The average Bonchev–Trinajstić information content (AvgIpc) is 3.25. The summed E-state index contributed by atoms with van der Waals surface area (Å²) in [6.45, 7) is 9.57. The number of nitrogens with zero attached hydrogens (tertiary/aromatic N) is 2. The van der Waals surface area contributed by atoms with Crippen LogP contribution in [-0.4, -0.2) is 72.6 Å². The number of aliphatic hydroxyl groups excluding tert-OH is 1. The standard InChI is InChI=1S/C33H34N2O6/c1-3-18-40-28-13-12-25(21-23(28)2)31(36)29-30(24-8-7-11-27(22-24)41-26-9-5-4-6-10-26)35(33(38)32(29)37)15-14-34-16-19-39-20-17-34/h3-13,21-22,30,36H,1,14-20H2,2H3/t30-/m1/s1. The van der Waals surface area contributed by atoms with Crippen LogP contribution in [0.15, 0.2) is 91.0 Å². The van der Waals surface area contributed by atoms with Gasteiger partial charge in [-0.15, -0.1) is 0 Å². The van der Waals surface area contributed by atoms with Crippen LogP contribution in [0.5, 0.6) is 17.2 Å². The Bertz CT molecular complexity index is 1450. The van der Waals surface area contributed by atoms with Gasteiger partial charge in [-0.3, -0.25) is 14.5 Å². The first-order valence-electron chi connectivity index (χ1n) is 13.7. The lowest BCUT2D eigenvalue weighted by atomic mass is 9.94. The molecule has 0 unspecified atom stereocenters. The molecule has 1 N–H and O–H groups in total. The van der Waals surface area contributed by atoms with Crippen molar-refractivity contribution in [3.8, 4) is 17.2 Å². The summed E-state index contributed by atoms with van der Waals surface area (Å²) in [6, 6.07) is 21.1. The third-order valence-corrected chi connectivity index (χ3v) is 7.26. The highest BCUT2D eigenvalue weighted by atomic mass is 16.5. The summed E-state index contributed by atoms with van der Waals surface area (Å²) in [6.07, 6.45) is 1.65. The van der Waals surface area contributed by atoms with Gasteiger partial charge < -0.3 is 24.2 Å². The molecule has 3 aromatic carbocycles. The highest BCUT2D eigenvalue weighted by Crippen LogP contribution is 2.41. The lowest BCUT2D eigenvalue weighted by Crippen LogP contribution is -2.42. The minimum atomic E-state index is -0.785. The number of aryl methyl sites for hydroxylation is 1. The number of para-hydroxylation sites is 1. The Morgan fingerprint density at radius 2 is 1.76 bits per heavy atom. The van der Waals surface area contributed by atoms with Crippen LogP contribution >= 0.6 is 0 Å². The monoisotopic (exact) mass is 554 g/mol. The van der Waals surface area contributed by atoms with Crippen LogP contribution < -0.4 is 9.47 Å². The first kappa shape index (κ1) is 28.1. The van der Waals surface area contributed by atoms with E-state index in [9.17, 15) is 14.7 Å². The first-order chi connectivity index (χ1) is 20.0. The summed E-state index contributed by atoms with van der Waals surface area (Å²) in [4.78, 5) is 30.7. The van der Waals surface area contributed by atoms with E-state index in [0.29, 0.717) is 61.3 Å². The fourth-order valence-electron chi connectivity index (χ4n) is 5.17. The second-order valence-electron chi connectivity index (χ2n) is 10.0. The number of morpholine rings is 1. The van der Waals surface area contributed by atoms with Gasteiger partial charge in [0.05, 0.1) is 24.8 Å². The molecular formula is C33H34N2O6. The second kappa shape index (κ2) is 12.8. The third kappa shape index (κ3) is 6.34. The number of rotatable bonds is 10. The van der Waals surface area contributed by atoms with Crippen LogP contribution in [0.3, 0.4) is 0 Å². The van der Waals surface area contributed by atoms with Crippen molar-refractivity contribution in [2.45, 2.75) is 13.0 Å². The molecule has 0 aliphatic carbocycles. The molecule has 8 nitrogen and oxygen atoms in total. The Morgan fingerprint density at radius 3 is 2.49 bits per heavy atom. The van der Waals surface area contributed by atoms with Crippen molar-refractivity contribution in [3.63, 3.8) is 0 Å². The fourth-order valence-corrected chi connectivity index (χ4v) is 5.17. The summed E-state index contributed by atoms with van der Waals surface area (Å²) in [5.74, 6) is 0.298. The normalized spacial score (nSPS) is 18.9. The zero-order valence-electron chi connectivity index (χ0n) is 23.1. The molecule has 2 fully saturated rings. The molecule has 0 saturated carbocycles. The van der Waals surface area contributed by atoms with Gasteiger partial charge in [-0.2, -0.15) is 0 Å². The van der Waals surface area contributed by atoms with Crippen molar-refractivity contribution in [2.75, 3.05) is 46.0 Å². The van der Waals surface area contributed by atoms with E-state index in [1.807, 2.05) is 61.5 Å². The van der Waals surface area contributed by atoms with E-state index in [1.54, 1.807) is 29.2 Å². The number of ketones is 1. The Labute approximate surface area is 240 Å². The van der Waals surface area contributed by atoms with Gasteiger partial charge in [-0.1, -0.05) is 43.0 Å². The maximum Gasteiger partial charge on any atom is 0.295 e. The SMILES string of the molecule is C=CCOc1ccc(C(O)=C2C(=O)C(=O)N(CCN3CCOCC3)[C@@H]2c2cccc(Oc3ccccc3)c2)cc1C. The average molecular weight is 555 g/mol. The van der Waals surface area contributed by atoms with Gasteiger partial charge in [0.15, 0.2) is 0 Å². The Balaban J connectivity index is 1.53. The van der Waals surface area contributed by atoms with Crippen molar-refractivity contribution >= 4 is 17.4 Å². The van der Waals surface area contributed by atoms with Gasteiger partial charge in [-0.25, -0.2) is 0 Å². The molecule has 41 heavy (non-hydrogen) atoms. The summed E-state index contributed by atoms with van der Waals surface area (Å²) in [7, 11) is 0. The van der Waals surface area contributed by atoms with E-state index in [4.69, 9.17) is 14.2 Å². The van der Waals surface area contributed by atoms with Crippen molar-refractivity contribution < 1.29 is 28.9 Å². The van der Waals surface area contributed by atoms with Gasteiger partial charge in [0.1, 0.15) is 29.6 Å². The number of carbonyl (C=O) groups is 2. The number of aliphatic hydroxyl groups is 1. The lowest BCUT2D eigenvalue weighted by molar-refractivity contribution is -0.140. The fraction of sp³-hybridized carbons (Fsp3) is 0.273. The molecule has 1 atom stereocenters. The van der Waals surface area contributed by atoms with E-state index in [-0.39, 0.29) is 11.3 Å². The predicted molar refractivity (Wildman–Crippen MR) is 156 cm³/mol. The van der Waals surface area contributed by atoms with Gasteiger partial charge in [0.2, 0.25) is 0 Å². The van der Waals surface area contributed by atoms with Crippen LogP contribution in [0.1, 0.15) is 22.7 Å². The molecule has 0 radical (unpaired) electrons. The smallest absolute Gasteiger partial charge is 0.295 e. The number of hydrogen-bond donors (Lipinski definition) is 1. The van der Waals surface area contributed by atoms with Crippen molar-refractivity contribution in [3.05, 3.63) is 108 Å². The molecule has 0 aromatic heterocycles. The van der Waals surface area contributed by atoms with Crippen molar-refractivity contribution in [1.29, 1.82) is 0 Å².